The Labute approximate surface area is 152 Å². The maximum absolute atomic E-state index is 15.0. The van der Waals surface area contributed by atoms with Crippen LogP contribution in [0, 0.1) is 12.7 Å². The van der Waals surface area contributed by atoms with Gasteiger partial charge in [-0.3, -0.25) is 9.54 Å². The van der Waals surface area contributed by atoms with E-state index in [1.807, 2.05) is 24.3 Å². The van der Waals surface area contributed by atoms with Crippen molar-refractivity contribution in [2.24, 2.45) is 0 Å². The first-order valence-electron chi connectivity index (χ1n) is 7.77. The Balaban J connectivity index is 2.04. The summed E-state index contributed by atoms with van der Waals surface area (Å²) < 4.78 is 37.2. The molecule has 4 N–H and O–H groups in total. The van der Waals surface area contributed by atoms with Crippen LogP contribution in [0.5, 0.6) is 0 Å². The highest BCUT2D eigenvalue weighted by Crippen LogP contribution is 2.32. The number of benzene rings is 2. The Morgan fingerprint density at radius 2 is 1.85 bits per heavy atom. The second-order valence-corrected chi connectivity index (χ2v) is 6.44. The van der Waals surface area contributed by atoms with Gasteiger partial charge in [0.1, 0.15) is 11.6 Å². The number of nitrogens with zero attached hydrogens (tertiary/aromatic N) is 2. The zero-order chi connectivity index (χ0) is 18.7. The molecule has 0 bridgehead atoms. The molecule has 134 valence electrons. The van der Waals surface area contributed by atoms with Crippen molar-refractivity contribution in [2.75, 3.05) is 5.73 Å². The van der Waals surface area contributed by atoms with Crippen molar-refractivity contribution in [3.63, 3.8) is 0 Å². The van der Waals surface area contributed by atoms with Crippen LogP contribution in [0.25, 0.3) is 22.4 Å². The molecule has 0 saturated heterocycles. The third-order valence-electron chi connectivity index (χ3n) is 4.03. The molecule has 1 heterocycles. The van der Waals surface area contributed by atoms with Gasteiger partial charge in [0, 0.05) is 12.1 Å². The number of rotatable bonds is 5. The topological polar surface area (TPSA) is 101 Å². The Morgan fingerprint density at radius 3 is 2.54 bits per heavy atom. The van der Waals surface area contributed by atoms with Gasteiger partial charge in [0.25, 0.3) is 0 Å². The fourth-order valence-corrected chi connectivity index (χ4v) is 3.01. The highest BCUT2D eigenvalue weighted by Gasteiger charge is 2.15. The number of aromatic nitrogens is 2. The highest BCUT2D eigenvalue weighted by atomic mass is 32.2. The van der Waals surface area contributed by atoms with Crippen LogP contribution < -0.4 is 10.5 Å². The minimum Gasteiger partial charge on any atom is -0.382 e. The summed E-state index contributed by atoms with van der Waals surface area (Å²) in [6.45, 7) is 1.87. The van der Waals surface area contributed by atoms with Crippen LogP contribution in [0.3, 0.4) is 0 Å². The Kier molecular flexibility index (Phi) is 5.36. The number of anilines is 1. The molecule has 26 heavy (non-hydrogen) atoms. The van der Waals surface area contributed by atoms with Crippen molar-refractivity contribution in [1.29, 1.82) is 0 Å². The molecule has 8 heteroatoms. The van der Waals surface area contributed by atoms with E-state index < -0.39 is 17.1 Å². The minimum absolute atomic E-state index is 0.186. The summed E-state index contributed by atoms with van der Waals surface area (Å²) in [4.78, 5) is 8.07. The van der Waals surface area contributed by atoms with Gasteiger partial charge in [0.05, 0.1) is 18.1 Å². The zero-order valence-corrected chi connectivity index (χ0v) is 14.8. The summed E-state index contributed by atoms with van der Waals surface area (Å²) in [5, 5.41) is 0. The quantitative estimate of drug-likeness (QED) is 0.598. The number of nitrogens with one attached hydrogen (secondary N) is 1. The lowest BCUT2D eigenvalue weighted by Crippen LogP contribution is -2.16. The van der Waals surface area contributed by atoms with E-state index in [1.165, 1.54) is 12.4 Å². The standard InChI is InChI=1S/C18H17FN4O2S/c1-11-13(14-5-3-2-4-12(14)8-23-26(24)25)6-7-15(18(11)19)16-9-22-17(20)10-21-16/h2-7,9-10,23H,8H2,1H3,(H2,20,22)(H,24,25). The van der Waals surface area contributed by atoms with Gasteiger partial charge in [-0.25, -0.2) is 18.3 Å². The van der Waals surface area contributed by atoms with E-state index in [4.69, 9.17) is 10.3 Å². The van der Waals surface area contributed by atoms with Crippen LogP contribution in [0.1, 0.15) is 11.1 Å². The molecule has 3 rings (SSSR count). The molecule has 0 spiro atoms. The Morgan fingerprint density at radius 1 is 1.12 bits per heavy atom. The van der Waals surface area contributed by atoms with Crippen molar-refractivity contribution < 1.29 is 13.2 Å². The first kappa shape index (κ1) is 18.1. The highest BCUT2D eigenvalue weighted by molar-refractivity contribution is 7.77. The van der Waals surface area contributed by atoms with Gasteiger partial charge in [-0.2, -0.15) is 0 Å². The second kappa shape index (κ2) is 7.69. The fraction of sp³-hybridized carbons (Fsp3) is 0.111. The predicted octanol–water partition coefficient (Wildman–Crippen LogP) is 3.07. The van der Waals surface area contributed by atoms with E-state index in [2.05, 4.69) is 14.7 Å². The van der Waals surface area contributed by atoms with Crippen molar-refractivity contribution in [3.05, 3.63) is 65.7 Å². The number of nitrogens with two attached hydrogens (primary N) is 1. The first-order chi connectivity index (χ1) is 12.5. The average molecular weight is 372 g/mol. The number of hydrogen-bond donors (Lipinski definition) is 3. The van der Waals surface area contributed by atoms with Gasteiger partial charge in [-0.15, -0.1) is 0 Å². The molecule has 0 aliphatic carbocycles. The lowest BCUT2D eigenvalue weighted by Gasteiger charge is -2.14. The first-order valence-corrected chi connectivity index (χ1v) is 8.87. The molecule has 0 radical (unpaired) electrons. The molecule has 0 fully saturated rings. The molecule has 0 aliphatic rings. The van der Waals surface area contributed by atoms with Crippen LogP contribution in [0.4, 0.5) is 10.2 Å². The van der Waals surface area contributed by atoms with Crippen LogP contribution in [0.2, 0.25) is 0 Å². The number of halogens is 1. The van der Waals surface area contributed by atoms with E-state index in [1.54, 1.807) is 19.1 Å². The van der Waals surface area contributed by atoms with Crippen LogP contribution >= 0.6 is 0 Å². The number of hydrogen-bond acceptors (Lipinski definition) is 4. The molecule has 3 aromatic rings. The molecule has 0 amide bonds. The smallest absolute Gasteiger partial charge is 0.232 e. The van der Waals surface area contributed by atoms with Gasteiger partial charge < -0.3 is 5.73 Å². The van der Waals surface area contributed by atoms with Gasteiger partial charge in [-0.05, 0) is 35.2 Å². The lowest BCUT2D eigenvalue weighted by atomic mass is 9.93. The molecule has 1 unspecified atom stereocenters. The van der Waals surface area contributed by atoms with Gasteiger partial charge in [0.15, 0.2) is 0 Å². The minimum atomic E-state index is -2.12. The second-order valence-electron chi connectivity index (χ2n) is 5.65. The molecule has 1 aromatic heterocycles. The van der Waals surface area contributed by atoms with E-state index in [9.17, 15) is 8.60 Å². The van der Waals surface area contributed by atoms with E-state index in [0.29, 0.717) is 22.4 Å². The summed E-state index contributed by atoms with van der Waals surface area (Å²) in [7, 11) is 0. The summed E-state index contributed by atoms with van der Waals surface area (Å²) in [6.07, 6.45) is 2.81. The molecular weight excluding hydrogens is 355 g/mol. The van der Waals surface area contributed by atoms with Gasteiger partial charge >= 0.3 is 0 Å². The van der Waals surface area contributed by atoms with Crippen LogP contribution in [-0.2, 0) is 17.8 Å². The SMILES string of the molecule is Cc1c(-c2ccccc2CNS(=O)O)ccc(-c2cnc(N)cn2)c1F. The largest absolute Gasteiger partial charge is 0.382 e. The normalized spacial score (nSPS) is 12.1. The molecule has 1 atom stereocenters. The Hall–Kier alpha value is -2.68. The lowest BCUT2D eigenvalue weighted by molar-refractivity contribution is 0.549. The molecule has 0 saturated carbocycles. The van der Waals surface area contributed by atoms with E-state index in [-0.39, 0.29) is 12.4 Å². The summed E-state index contributed by atoms with van der Waals surface area (Å²) in [5.74, 6) is -0.125. The third-order valence-corrected chi connectivity index (χ3v) is 4.42. The molecule has 2 aromatic carbocycles. The monoisotopic (exact) mass is 372 g/mol. The van der Waals surface area contributed by atoms with Crippen LogP contribution in [-0.4, -0.2) is 18.7 Å². The molecule has 0 aliphatic heterocycles. The maximum Gasteiger partial charge on any atom is 0.232 e. The molecule has 6 nitrogen and oxygen atoms in total. The average Bonchev–Trinajstić information content (AvgIpc) is 2.63. The number of nitrogen functional groups attached to an aromatic ring is 1. The van der Waals surface area contributed by atoms with Crippen LogP contribution in [0.15, 0.2) is 48.8 Å². The van der Waals surface area contributed by atoms with E-state index >= 15 is 0 Å². The molecular formula is C18H17FN4O2S. The zero-order valence-electron chi connectivity index (χ0n) is 13.9. The van der Waals surface area contributed by atoms with Gasteiger partial charge in [0.2, 0.25) is 11.3 Å². The van der Waals surface area contributed by atoms with Gasteiger partial charge in [-0.1, -0.05) is 30.3 Å². The van der Waals surface area contributed by atoms with Crippen molar-refractivity contribution in [1.82, 2.24) is 14.7 Å². The fourth-order valence-electron chi connectivity index (χ4n) is 2.73. The summed E-state index contributed by atoms with van der Waals surface area (Å²) in [5.41, 5.74) is 9.00. The van der Waals surface area contributed by atoms with Crippen molar-refractivity contribution >= 4 is 17.1 Å². The maximum atomic E-state index is 15.0. The summed E-state index contributed by atoms with van der Waals surface area (Å²) >= 11 is -2.12. The predicted molar refractivity (Wildman–Crippen MR) is 99.6 cm³/mol. The van der Waals surface area contributed by atoms with Crippen molar-refractivity contribution in [3.8, 4) is 22.4 Å². The summed E-state index contributed by atoms with van der Waals surface area (Å²) in [6, 6.07) is 10.8. The van der Waals surface area contributed by atoms with Crippen molar-refractivity contribution in [2.45, 2.75) is 13.5 Å². The Bertz CT molecular complexity index is 964. The van der Waals surface area contributed by atoms with E-state index in [0.717, 1.165) is 11.1 Å². The third kappa shape index (κ3) is 3.77.